The van der Waals surface area contributed by atoms with Crippen molar-refractivity contribution in [2.75, 3.05) is 6.54 Å². The van der Waals surface area contributed by atoms with E-state index in [-0.39, 0.29) is 6.04 Å². The third-order valence-corrected chi connectivity index (χ3v) is 4.51. The highest BCUT2D eigenvalue weighted by Crippen LogP contribution is 2.32. The number of rotatable bonds is 4. The van der Waals surface area contributed by atoms with Gasteiger partial charge in [0.05, 0.1) is 11.7 Å². The number of hydrogen-bond donors (Lipinski definition) is 1. The number of aryl methyl sites for hydroxylation is 3. The smallest absolute Gasteiger partial charge is 0.0710 e. The summed E-state index contributed by atoms with van der Waals surface area (Å²) in [6.45, 7) is 9.52. The number of aromatic nitrogens is 2. The summed E-state index contributed by atoms with van der Waals surface area (Å²) in [6, 6.07) is 2.45. The molecule has 4 heteroatoms. The van der Waals surface area contributed by atoms with Crippen LogP contribution >= 0.6 is 11.3 Å². The fourth-order valence-electron chi connectivity index (χ4n) is 2.42. The zero-order valence-corrected chi connectivity index (χ0v) is 12.6. The van der Waals surface area contributed by atoms with Gasteiger partial charge < -0.3 is 5.32 Å². The molecule has 0 spiro atoms. The Labute approximate surface area is 113 Å². The maximum Gasteiger partial charge on any atom is 0.0710 e. The topological polar surface area (TPSA) is 29.9 Å². The van der Waals surface area contributed by atoms with Gasteiger partial charge in [-0.05, 0) is 44.3 Å². The molecule has 2 rings (SSSR count). The van der Waals surface area contributed by atoms with Crippen LogP contribution in [0.4, 0.5) is 0 Å². The Bertz CT molecular complexity index is 539. The van der Waals surface area contributed by atoms with Crippen LogP contribution in [-0.4, -0.2) is 16.3 Å². The Morgan fingerprint density at radius 2 is 2.11 bits per heavy atom. The number of nitrogens with zero attached hydrogens (tertiary/aromatic N) is 2. The molecule has 98 valence electrons. The summed E-state index contributed by atoms with van der Waals surface area (Å²) in [5.41, 5.74) is 5.04. The van der Waals surface area contributed by atoms with E-state index < -0.39 is 0 Å². The summed E-state index contributed by atoms with van der Waals surface area (Å²) < 4.78 is 1.97. The van der Waals surface area contributed by atoms with Crippen LogP contribution in [0.15, 0.2) is 11.4 Å². The monoisotopic (exact) mass is 263 g/mol. The van der Waals surface area contributed by atoms with Crippen LogP contribution in [-0.2, 0) is 7.05 Å². The minimum atomic E-state index is 0.267. The second-order valence-electron chi connectivity index (χ2n) is 4.67. The molecule has 3 nitrogen and oxygen atoms in total. The fraction of sp³-hybridized carbons (Fsp3) is 0.500. The van der Waals surface area contributed by atoms with Crippen molar-refractivity contribution >= 4 is 11.3 Å². The second-order valence-corrected chi connectivity index (χ2v) is 5.61. The highest BCUT2D eigenvalue weighted by Gasteiger charge is 2.23. The van der Waals surface area contributed by atoms with Gasteiger partial charge in [-0.3, -0.25) is 4.68 Å². The molecule has 2 aromatic rings. The van der Waals surface area contributed by atoms with Gasteiger partial charge >= 0.3 is 0 Å². The largest absolute Gasteiger partial charge is 0.306 e. The van der Waals surface area contributed by atoms with Crippen molar-refractivity contribution in [3.05, 3.63) is 38.8 Å². The Hall–Kier alpha value is -1.13. The first-order valence-electron chi connectivity index (χ1n) is 6.33. The molecule has 18 heavy (non-hydrogen) atoms. The summed E-state index contributed by atoms with van der Waals surface area (Å²) in [5, 5.41) is 10.3. The van der Waals surface area contributed by atoms with E-state index in [1.54, 1.807) is 0 Å². The summed E-state index contributed by atoms with van der Waals surface area (Å²) in [6.07, 6.45) is 0. The minimum Gasteiger partial charge on any atom is -0.306 e. The van der Waals surface area contributed by atoms with Crippen LogP contribution < -0.4 is 5.32 Å². The molecule has 1 N–H and O–H groups in total. The lowest BCUT2D eigenvalue weighted by Crippen LogP contribution is -2.23. The van der Waals surface area contributed by atoms with Crippen LogP contribution in [0.25, 0.3) is 0 Å². The molecule has 0 aliphatic heterocycles. The maximum absolute atomic E-state index is 4.53. The van der Waals surface area contributed by atoms with E-state index in [2.05, 4.69) is 49.6 Å². The van der Waals surface area contributed by atoms with Crippen LogP contribution in [0.3, 0.4) is 0 Å². The summed E-state index contributed by atoms with van der Waals surface area (Å²) in [7, 11) is 2.01. The zero-order chi connectivity index (χ0) is 13.3. The van der Waals surface area contributed by atoms with Crippen LogP contribution in [0.5, 0.6) is 0 Å². The molecule has 0 radical (unpaired) electrons. The van der Waals surface area contributed by atoms with Gasteiger partial charge in [0.1, 0.15) is 0 Å². The van der Waals surface area contributed by atoms with E-state index >= 15 is 0 Å². The minimum absolute atomic E-state index is 0.267. The van der Waals surface area contributed by atoms with E-state index in [0.717, 1.165) is 12.2 Å². The van der Waals surface area contributed by atoms with Crippen LogP contribution in [0.1, 0.15) is 40.4 Å². The maximum atomic E-state index is 4.53. The average Bonchev–Trinajstić information content (AvgIpc) is 2.83. The Balaban J connectivity index is 2.51. The van der Waals surface area contributed by atoms with Gasteiger partial charge in [-0.1, -0.05) is 6.92 Å². The molecule has 2 aromatic heterocycles. The van der Waals surface area contributed by atoms with E-state index in [4.69, 9.17) is 0 Å². The molecule has 1 unspecified atom stereocenters. The summed E-state index contributed by atoms with van der Waals surface area (Å²) in [4.78, 5) is 1.40. The average molecular weight is 263 g/mol. The molecule has 0 amide bonds. The van der Waals surface area contributed by atoms with Crippen molar-refractivity contribution < 1.29 is 0 Å². The normalized spacial score (nSPS) is 12.9. The predicted octanol–water partition coefficient (Wildman–Crippen LogP) is 3.11. The standard InChI is InChI=1S/C14H21N3S/c1-6-15-13(14-9(2)7-8-18-14)12-10(3)16-17(5)11(12)4/h7-8,13,15H,6H2,1-5H3. The highest BCUT2D eigenvalue weighted by molar-refractivity contribution is 7.10. The molecule has 0 aliphatic carbocycles. The van der Waals surface area contributed by atoms with E-state index in [1.807, 2.05) is 23.1 Å². The van der Waals surface area contributed by atoms with Gasteiger partial charge in [-0.25, -0.2) is 0 Å². The van der Waals surface area contributed by atoms with Gasteiger partial charge in [0, 0.05) is 23.2 Å². The Morgan fingerprint density at radius 1 is 1.39 bits per heavy atom. The third-order valence-electron chi connectivity index (χ3n) is 3.43. The quantitative estimate of drug-likeness (QED) is 0.918. The molecule has 0 aromatic carbocycles. The first-order valence-corrected chi connectivity index (χ1v) is 7.21. The third kappa shape index (κ3) is 2.22. The highest BCUT2D eigenvalue weighted by atomic mass is 32.1. The van der Waals surface area contributed by atoms with Crippen molar-refractivity contribution in [3.63, 3.8) is 0 Å². The molecular formula is C14H21N3S. The van der Waals surface area contributed by atoms with Crippen LogP contribution in [0.2, 0.25) is 0 Å². The van der Waals surface area contributed by atoms with E-state index in [9.17, 15) is 0 Å². The molecule has 0 fully saturated rings. The molecular weight excluding hydrogens is 242 g/mol. The second kappa shape index (κ2) is 5.24. The molecule has 0 saturated heterocycles. The van der Waals surface area contributed by atoms with E-state index in [0.29, 0.717) is 0 Å². The van der Waals surface area contributed by atoms with Crippen molar-refractivity contribution in [3.8, 4) is 0 Å². The number of thiophene rings is 1. The Kier molecular flexibility index (Phi) is 3.88. The first kappa shape index (κ1) is 13.3. The first-order chi connectivity index (χ1) is 8.56. The van der Waals surface area contributed by atoms with Crippen molar-refractivity contribution in [2.24, 2.45) is 7.05 Å². The fourth-order valence-corrected chi connectivity index (χ4v) is 3.43. The van der Waals surface area contributed by atoms with E-state index in [1.165, 1.54) is 21.7 Å². The lowest BCUT2D eigenvalue weighted by Gasteiger charge is -2.18. The van der Waals surface area contributed by atoms with Gasteiger partial charge in [-0.2, -0.15) is 5.10 Å². The molecule has 2 heterocycles. The van der Waals surface area contributed by atoms with Crippen molar-refractivity contribution in [1.29, 1.82) is 0 Å². The predicted molar refractivity (Wildman–Crippen MR) is 77.3 cm³/mol. The molecule has 0 aliphatic rings. The molecule has 0 bridgehead atoms. The van der Waals surface area contributed by atoms with Gasteiger partial charge in [0.2, 0.25) is 0 Å². The molecule has 0 saturated carbocycles. The van der Waals surface area contributed by atoms with Crippen LogP contribution in [0, 0.1) is 20.8 Å². The van der Waals surface area contributed by atoms with Gasteiger partial charge in [0.25, 0.3) is 0 Å². The van der Waals surface area contributed by atoms with Gasteiger partial charge in [0.15, 0.2) is 0 Å². The molecule has 1 atom stereocenters. The Morgan fingerprint density at radius 3 is 2.56 bits per heavy atom. The lowest BCUT2D eigenvalue weighted by molar-refractivity contribution is 0.629. The van der Waals surface area contributed by atoms with Crippen molar-refractivity contribution in [1.82, 2.24) is 15.1 Å². The van der Waals surface area contributed by atoms with Crippen molar-refractivity contribution in [2.45, 2.75) is 33.7 Å². The number of nitrogens with one attached hydrogen (secondary N) is 1. The number of hydrogen-bond acceptors (Lipinski definition) is 3. The summed E-state index contributed by atoms with van der Waals surface area (Å²) in [5.74, 6) is 0. The van der Waals surface area contributed by atoms with Gasteiger partial charge in [-0.15, -0.1) is 11.3 Å². The zero-order valence-electron chi connectivity index (χ0n) is 11.7. The lowest BCUT2D eigenvalue weighted by atomic mass is 10.0. The SMILES string of the molecule is CCNC(c1sccc1C)c1c(C)nn(C)c1C. The summed E-state index contributed by atoms with van der Waals surface area (Å²) >= 11 is 1.82.